The Labute approximate surface area is 117 Å². The van der Waals surface area contributed by atoms with E-state index in [1.807, 2.05) is 62.4 Å². The molecule has 4 heteroatoms. The average molecular weight is 265 g/mol. The maximum Gasteiger partial charge on any atom is 0.346 e. The molecule has 3 rings (SSSR count). The topological polar surface area (TPSA) is 44.7 Å². The maximum atomic E-state index is 12.3. The number of hydrogen-bond donors (Lipinski definition) is 1. The lowest BCUT2D eigenvalue weighted by atomic mass is 10.1. The number of carbonyl (C=O) groups excluding carboxylic acids is 1. The van der Waals surface area contributed by atoms with Gasteiger partial charge in [0.25, 0.3) is 0 Å². The third-order valence-electron chi connectivity index (χ3n) is 3.35. The van der Waals surface area contributed by atoms with E-state index in [1.165, 1.54) is 0 Å². The lowest BCUT2D eigenvalue weighted by molar-refractivity contribution is 0.249. The summed E-state index contributed by atoms with van der Waals surface area (Å²) in [5.41, 5.74) is 7.15. The van der Waals surface area contributed by atoms with E-state index >= 15 is 0 Å². The zero-order valence-electron chi connectivity index (χ0n) is 11.4. The first-order chi connectivity index (χ1) is 9.66. The fourth-order valence-corrected chi connectivity index (χ4v) is 2.28. The van der Waals surface area contributed by atoms with Crippen LogP contribution in [0.2, 0.25) is 0 Å². The van der Waals surface area contributed by atoms with Crippen LogP contribution in [0.1, 0.15) is 18.1 Å². The number of aryl methyl sites for hydroxylation is 1. The van der Waals surface area contributed by atoms with E-state index in [0.29, 0.717) is 0 Å². The second kappa shape index (κ2) is 4.81. The quantitative estimate of drug-likeness (QED) is 0.841. The summed E-state index contributed by atoms with van der Waals surface area (Å²) < 4.78 is 0. The third-order valence-corrected chi connectivity index (χ3v) is 3.35. The lowest BCUT2D eigenvalue weighted by Crippen LogP contribution is -2.33. The molecule has 0 atom stereocenters. The number of hydrazone groups is 1. The number of para-hydroxylation sites is 1. The van der Waals surface area contributed by atoms with Crippen LogP contribution in [0.4, 0.5) is 16.2 Å². The summed E-state index contributed by atoms with van der Waals surface area (Å²) in [6, 6.07) is 15.4. The van der Waals surface area contributed by atoms with Gasteiger partial charge in [0.2, 0.25) is 0 Å². The maximum absolute atomic E-state index is 12.3. The second-order valence-electron chi connectivity index (χ2n) is 4.80. The molecular formula is C16H15N3O. The predicted molar refractivity (Wildman–Crippen MR) is 80.5 cm³/mol. The molecule has 20 heavy (non-hydrogen) atoms. The van der Waals surface area contributed by atoms with Crippen LogP contribution >= 0.6 is 0 Å². The first kappa shape index (κ1) is 12.4. The number of fused-ring (bicyclic) bond motifs is 1. The van der Waals surface area contributed by atoms with Crippen LogP contribution in [-0.2, 0) is 0 Å². The Hall–Kier alpha value is -2.62. The molecule has 1 N–H and O–H groups in total. The second-order valence-corrected chi connectivity index (χ2v) is 4.80. The molecule has 0 radical (unpaired) electrons. The Morgan fingerprint density at radius 2 is 1.70 bits per heavy atom. The SMILES string of the molecule is CC1=NNC(=O)N(c2ccc(C)cc2)c2ccccc21. The summed E-state index contributed by atoms with van der Waals surface area (Å²) in [6.45, 7) is 3.91. The predicted octanol–water partition coefficient (Wildman–Crippen LogP) is 3.58. The van der Waals surface area contributed by atoms with Crippen molar-refractivity contribution in [2.75, 3.05) is 4.90 Å². The first-order valence-corrected chi connectivity index (χ1v) is 6.47. The summed E-state index contributed by atoms with van der Waals surface area (Å²) in [4.78, 5) is 14.0. The third kappa shape index (κ3) is 2.05. The fraction of sp³-hybridized carbons (Fsp3) is 0.125. The first-order valence-electron chi connectivity index (χ1n) is 6.47. The van der Waals surface area contributed by atoms with Gasteiger partial charge in [-0.25, -0.2) is 10.2 Å². The average Bonchev–Trinajstić information content (AvgIpc) is 2.59. The molecule has 0 bridgehead atoms. The van der Waals surface area contributed by atoms with Gasteiger partial charge in [0.15, 0.2) is 0 Å². The van der Waals surface area contributed by atoms with E-state index in [9.17, 15) is 4.79 Å². The van der Waals surface area contributed by atoms with Crippen LogP contribution in [0, 0.1) is 6.92 Å². The van der Waals surface area contributed by atoms with Crippen LogP contribution in [0.25, 0.3) is 0 Å². The summed E-state index contributed by atoms with van der Waals surface area (Å²) >= 11 is 0. The molecule has 2 amide bonds. The van der Waals surface area contributed by atoms with Gasteiger partial charge in [-0.3, -0.25) is 4.90 Å². The molecule has 2 aromatic rings. The lowest BCUT2D eigenvalue weighted by Gasteiger charge is -2.22. The summed E-state index contributed by atoms with van der Waals surface area (Å²) in [7, 11) is 0. The van der Waals surface area contributed by atoms with E-state index < -0.39 is 0 Å². The molecule has 4 nitrogen and oxygen atoms in total. The number of nitrogens with one attached hydrogen (secondary N) is 1. The molecule has 0 saturated carbocycles. The van der Waals surface area contributed by atoms with Gasteiger partial charge in [-0.15, -0.1) is 0 Å². The van der Waals surface area contributed by atoms with Crippen LogP contribution in [-0.4, -0.2) is 11.7 Å². The Kier molecular flexibility index (Phi) is 2.99. The monoisotopic (exact) mass is 265 g/mol. The van der Waals surface area contributed by atoms with Gasteiger partial charge in [-0.2, -0.15) is 5.10 Å². The van der Waals surface area contributed by atoms with Gasteiger partial charge >= 0.3 is 6.03 Å². The zero-order valence-corrected chi connectivity index (χ0v) is 11.4. The van der Waals surface area contributed by atoms with Gasteiger partial charge in [0, 0.05) is 5.56 Å². The highest BCUT2D eigenvalue weighted by molar-refractivity contribution is 6.12. The minimum Gasteiger partial charge on any atom is -0.261 e. The number of rotatable bonds is 1. The van der Waals surface area contributed by atoms with Crippen molar-refractivity contribution in [3.63, 3.8) is 0 Å². The Balaban J connectivity index is 2.17. The highest BCUT2D eigenvalue weighted by atomic mass is 16.2. The van der Waals surface area contributed by atoms with Crippen molar-refractivity contribution in [1.29, 1.82) is 0 Å². The number of anilines is 2. The van der Waals surface area contributed by atoms with Crippen molar-refractivity contribution in [2.45, 2.75) is 13.8 Å². The largest absolute Gasteiger partial charge is 0.346 e. The molecule has 0 saturated heterocycles. The Morgan fingerprint density at radius 1 is 1.00 bits per heavy atom. The van der Waals surface area contributed by atoms with Gasteiger partial charge in [0.1, 0.15) is 0 Å². The van der Waals surface area contributed by atoms with Gasteiger partial charge < -0.3 is 0 Å². The molecule has 0 fully saturated rings. The smallest absolute Gasteiger partial charge is 0.261 e. The number of hydrogen-bond acceptors (Lipinski definition) is 2. The molecule has 0 spiro atoms. The molecule has 2 aromatic carbocycles. The van der Waals surface area contributed by atoms with Crippen LogP contribution in [0.5, 0.6) is 0 Å². The van der Waals surface area contributed by atoms with Crippen molar-refractivity contribution in [1.82, 2.24) is 5.43 Å². The Morgan fingerprint density at radius 3 is 2.45 bits per heavy atom. The molecule has 100 valence electrons. The fourth-order valence-electron chi connectivity index (χ4n) is 2.28. The number of urea groups is 1. The minimum atomic E-state index is -0.252. The van der Waals surface area contributed by atoms with Crippen LogP contribution < -0.4 is 10.3 Å². The van der Waals surface area contributed by atoms with Crippen LogP contribution in [0.15, 0.2) is 53.6 Å². The zero-order chi connectivity index (χ0) is 14.1. The molecular weight excluding hydrogens is 250 g/mol. The van der Waals surface area contributed by atoms with Crippen molar-refractivity contribution >= 4 is 23.1 Å². The minimum absolute atomic E-state index is 0.252. The Bertz CT molecular complexity index is 689. The van der Waals surface area contributed by atoms with E-state index in [2.05, 4.69) is 10.5 Å². The normalized spacial score (nSPS) is 14.2. The molecule has 1 heterocycles. The number of amides is 2. The van der Waals surface area contributed by atoms with E-state index in [0.717, 1.165) is 28.2 Å². The standard InChI is InChI=1S/C16H15N3O/c1-11-7-9-13(10-8-11)19-15-6-4-3-5-14(15)12(2)17-18-16(19)20/h3-10H,1-2H3,(H,18,20). The van der Waals surface area contributed by atoms with Crippen molar-refractivity contribution in [3.05, 3.63) is 59.7 Å². The number of benzene rings is 2. The highest BCUT2D eigenvalue weighted by Gasteiger charge is 2.23. The van der Waals surface area contributed by atoms with E-state index in [1.54, 1.807) is 4.90 Å². The molecule has 0 unspecified atom stereocenters. The molecule has 0 aliphatic carbocycles. The van der Waals surface area contributed by atoms with Gasteiger partial charge in [-0.1, -0.05) is 35.9 Å². The van der Waals surface area contributed by atoms with Crippen LogP contribution in [0.3, 0.4) is 0 Å². The highest BCUT2D eigenvalue weighted by Crippen LogP contribution is 2.30. The summed E-state index contributed by atoms with van der Waals surface area (Å²) in [6.07, 6.45) is 0. The van der Waals surface area contributed by atoms with E-state index in [-0.39, 0.29) is 6.03 Å². The van der Waals surface area contributed by atoms with Crippen molar-refractivity contribution < 1.29 is 4.79 Å². The summed E-state index contributed by atoms with van der Waals surface area (Å²) in [5, 5.41) is 4.11. The number of carbonyl (C=O) groups is 1. The molecule has 1 aliphatic rings. The van der Waals surface area contributed by atoms with E-state index in [4.69, 9.17) is 0 Å². The molecule has 1 aliphatic heterocycles. The van der Waals surface area contributed by atoms with Gasteiger partial charge in [0.05, 0.1) is 17.1 Å². The summed E-state index contributed by atoms with van der Waals surface area (Å²) in [5.74, 6) is 0. The molecule has 0 aromatic heterocycles. The van der Waals surface area contributed by atoms with Gasteiger partial charge in [-0.05, 0) is 32.0 Å². The number of nitrogens with zero attached hydrogens (tertiary/aromatic N) is 2. The van der Waals surface area contributed by atoms with Crippen molar-refractivity contribution in [3.8, 4) is 0 Å². The van der Waals surface area contributed by atoms with Crippen molar-refractivity contribution in [2.24, 2.45) is 5.10 Å².